The molecule has 0 spiro atoms. The molecule has 0 saturated heterocycles. The van der Waals surface area contributed by atoms with Crippen LogP contribution in [-0.2, 0) is 6.54 Å². The van der Waals surface area contributed by atoms with Crippen LogP contribution in [0.4, 0.5) is 5.95 Å². The van der Waals surface area contributed by atoms with Crippen molar-refractivity contribution in [2.75, 3.05) is 11.4 Å². The molecule has 100 valence electrons. The van der Waals surface area contributed by atoms with Gasteiger partial charge in [0.2, 0.25) is 5.95 Å². The van der Waals surface area contributed by atoms with Gasteiger partial charge in [0.25, 0.3) is 0 Å². The SMILES string of the molecule is CCCN(c1ncc(CNC2CC2)cn1)C(C)C. The smallest absolute Gasteiger partial charge is 0.225 e. The Balaban J connectivity index is 1.95. The third kappa shape index (κ3) is 3.67. The molecule has 2 rings (SSSR count). The van der Waals surface area contributed by atoms with Crippen molar-refractivity contribution >= 4 is 5.95 Å². The molecule has 0 radical (unpaired) electrons. The van der Waals surface area contributed by atoms with Crippen LogP contribution >= 0.6 is 0 Å². The molecule has 0 bridgehead atoms. The van der Waals surface area contributed by atoms with Crippen LogP contribution in [0, 0.1) is 0 Å². The van der Waals surface area contributed by atoms with Gasteiger partial charge in [-0.2, -0.15) is 0 Å². The maximum absolute atomic E-state index is 4.49. The second kappa shape index (κ2) is 6.14. The zero-order valence-electron chi connectivity index (χ0n) is 11.7. The Hall–Kier alpha value is -1.16. The lowest BCUT2D eigenvalue weighted by molar-refractivity contribution is 0.646. The molecule has 18 heavy (non-hydrogen) atoms. The topological polar surface area (TPSA) is 41.1 Å². The van der Waals surface area contributed by atoms with Crippen molar-refractivity contribution in [2.24, 2.45) is 0 Å². The summed E-state index contributed by atoms with van der Waals surface area (Å²) in [6.07, 6.45) is 7.64. The zero-order chi connectivity index (χ0) is 13.0. The summed E-state index contributed by atoms with van der Waals surface area (Å²) in [5.74, 6) is 0.849. The predicted octanol–water partition coefficient (Wildman–Crippen LogP) is 2.35. The van der Waals surface area contributed by atoms with Crippen molar-refractivity contribution in [3.8, 4) is 0 Å². The van der Waals surface area contributed by atoms with Gasteiger partial charge in [-0.15, -0.1) is 0 Å². The summed E-state index contributed by atoms with van der Waals surface area (Å²) in [7, 11) is 0. The van der Waals surface area contributed by atoms with Crippen molar-refractivity contribution < 1.29 is 0 Å². The van der Waals surface area contributed by atoms with E-state index in [1.807, 2.05) is 12.4 Å². The first kappa shape index (κ1) is 13.3. The van der Waals surface area contributed by atoms with Crippen molar-refractivity contribution in [2.45, 2.75) is 58.7 Å². The monoisotopic (exact) mass is 248 g/mol. The lowest BCUT2D eigenvalue weighted by Gasteiger charge is -2.26. The van der Waals surface area contributed by atoms with E-state index in [1.54, 1.807) is 0 Å². The molecule has 1 saturated carbocycles. The van der Waals surface area contributed by atoms with Gasteiger partial charge in [0.1, 0.15) is 0 Å². The van der Waals surface area contributed by atoms with E-state index in [0.29, 0.717) is 6.04 Å². The molecule has 0 atom stereocenters. The quantitative estimate of drug-likeness (QED) is 0.804. The molecule has 0 unspecified atom stereocenters. The summed E-state index contributed by atoms with van der Waals surface area (Å²) < 4.78 is 0. The van der Waals surface area contributed by atoms with E-state index in [4.69, 9.17) is 0 Å². The number of anilines is 1. The minimum Gasteiger partial charge on any atom is -0.338 e. The van der Waals surface area contributed by atoms with Gasteiger partial charge in [0, 0.05) is 43.1 Å². The zero-order valence-corrected chi connectivity index (χ0v) is 11.7. The summed E-state index contributed by atoms with van der Waals surface area (Å²) in [4.78, 5) is 11.2. The maximum atomic E-state index is 4.49. The molecule has 1 heterocycles. The molecule has 0 aliphatic heterocycles. The van der Waals surface area contributed by atoms with E-state index >= 15 is 0 Å². The summed E-state index contributed by atoms with van der Waals surface area (Å²) in [6.45, 7) is 8.45. The minimum absolute atomic E-state index is 0.445. The molecule has 0 aromatic carbocycles. The Kier molecular flexibility index (Phi) is 4.53. The molecular formula is C14H24N4. The van der Waals surface area contributed by atoms with E-state index in [9.17, 15) is 0 Å². The fourth-order valence-electron chi connectivity index (χ4n) is 1.97. The van der Waals surface area contributed by atoms with Gasteiger partial charge in [0.05, 0.1) is 0 Å². The highest BCUT2D eigenvalue weighted by Crippen LogP contribution is 2.19. The second-order valence-corrected chi connectivity index (χ2v) is 5.33. The number of hydrogen-bond acceptors (Lipinski definition) is 4. The summed E-state index contributed by atoms with van der Waals surface area (Å²) in [5.41, 5.74) is 1.17. The van der Waals surface area contributed by atoms with Crippen LogP contribution in [0.5, 0.6) is 0 Å². The van der Waals surface area contributed by atoms with Gasteiger partial charge in [-0.1, -0.05) is 6.92 Å². The van der Waals surface area contributed by atoms with Crippen LogP contribution < -0.4 is 10.2 Å². The van der Waals surface area contributed by atoms with Crippen molar-refractivity contribution in [1.29, 1.82) is 0 Å². The maximum Gasteiger partial charge on any atom is 0.225 e. The fourth-order valence-corrected chi connectivity index (χ4v) is 1.97. The molecule has 0 amide bonds. The first-order chi connectivity index (χ1) is 8.70. The van der Waals surface area contributed by atoms with Crippen LogP contribution in [0.3, 0.4) is 0 Å². The summed E-state index contributed by atoms with van der Waals surface area (Å²) in [5, 5.41) is 3.48. The largest absolute Gasteiger partial charge is 0.338 e. The van der Waals surface area contributed by atoms with Crippen molar-refractivity contribution in [3.05, 3.63) is 18.0 Å². The third-order valence-corrected chi connectivity index (χ3v) is 3.21. The van der Waals surface area contributed by atoms with Gasteiger partial charge >= 0.3 is 0 Å². The second-order valence-electron chi connectivity index (χ2n) is 5.33. The van der Waals surface area contributed by atoms with E-state index in [2.05, 4.69) is 41.0 Å². The summed E-state index contributed by atoms with van der Waals surface area (Å²) in [6, 6.07) is 1.18. The van der Waals surface area contributed by atoms with Gasteiger partial charge < -0.3 is 10.2 Å². The van der Waals surface area contributed by atoms with E-state index in [0.717, 1.165) is 31.5 Å². The Morgan fingerprint density at radius 3 is 2.50 bits per heavy atom. The van der Waals surface area contributed by atoms with Gasteiger partial charge in [-0.3, -0.25) is 0 Å². The number of nitrogens with one attached hydrogen (secondary N) is 1. The molecule has 1 N–H and O–H groups in total. The van der Waals surface area contributed by atoms with Crippen LogP contribution in [0.15, 0.2) is 12.4 Å². The first-order valence-electron chi connectivity index (χ1n) is 7.01. The molecular weight excluding hydrogens is 224 g/mol. The van der Waals surface area contributed by atoms with Crippen LogP contribution in [0.2, 0.25) is 0 Å². The number of hydrogen-bond donors (Lipinski definition) is 1. The van der Waals surface area contributed by atoms with Crippen molar-refractivity contribution in [3.63, 3.8) is 0 Å². The summed E-state index contributed by atoms with van der Waals surface area (Å²) >= 11 is 0. The Labute approximate surface area is 110 Å². The molecule has 4 heteroatoms. The van der Waals surface area contributed by atoms with E-state index in [-0.39, 0.29) is 0 Å². The van der Waals surface area contributed by atoms with Gasteiger partial charge in [0.15, 0.2) is 0 Å². The fraction of sp³-hybridized carbons (Fsp3) is 0.714. The lowest BCUT2D eigenvalue weighted by atomic mass is 10.3. The van der Waals surface area contributed by atoms with E-state index < -0.39 is 0 Å². The van der Waals surface area contributed by atoms with Gasteiger partial charge in [-0.25, -0.2) is 9.97 Å². The van der Waals surface area contributed by atoms with Crippen LogP contribution in [-0.4, -0.2) is 28.6 Å². The Morgan fingerprint density at radius 2 is 2.00 bits per heavy atom. The molecule has 1 aliphatic carbocycles. The molecule has 1 aromatic heterocycles. The average molecular weight is 248 g/mol. The Morgan fingerprint density at radius 1 is 1.33 bits per heavy atom. The standard InChI is InChI=1S/C14H24N4/c1-4-7-18(11(2)3)14-16-9-12(10-17-14)8-15-13-5-6-13/h9-11,13,15H,4-8H2,1-3H3. The van der Waals surface area contributed by atoms with Crippen molar-refractivity contribution in [1.82, 2.24) is 15.3 Å². The predicted molar refractivity (Wildman–Crippen MR) is 74.7 cm³/mol. The molecule has 1 fully saturated rings. The normalized spacial score (nSPS) is 15.1. The minimum atomic E-state index is 0.445. The molecule has 1 aromatic rings. The third-order valence-electron chi connectivity index (χ3n) is 3.21. The highest BCUT2D eigenvalue weighted by molar-refractivity contribution is 5.31. The average Bonchev–Trinajstić information content (AvgIpc) is 3.18. The lowest BCUT2D eigenvalue weighted by Crippen LogP contribution is -2.33. The highest BCUT2D eigenvalue weighted by Gasteiger charge is 2.20. The number of rotatable bonds is 7. The van der Waals surface area contributed by atoms with Crippen LogP contribution in [0.1, 0.15) is 45.6 Å². The molecule has 4 nitrogen and oxygen atoms in total. The molecule has 1 aliphatic rings. The first-order valence-corrected chi connectivity index (χ1v) is 7.01. The van der Waals surface area contributed by atoms with E-state index in [1.165, 1.54) is 18.4 Å². The van der Waals surface area contributed by atoms with Gasteiger partial charge in [-0.05, 0) is 33.1 Å². The number of nitrogens with zero attached hydrogens (tertiary/aromatic N) is 3. The van der Waals surface area contributed by atoms with Crippen LogP contribution in [0.25, 0.3) is 0 Å². The highest BCUT2D eigenvalue weighted by atomic mass is 15.3. The Bertz CT molecular complexity index is 357. The number of aromatic nitrogens is 2.